The van der Waals surface area contributed by atoms with Crippen LogP contribution in [-0.4, -0.2) is 22.4 Å². The predicted molar refractivity (Wildman–Crippen MR) is 83.0 cm³/mol. The number of hydrogen-bond donors (Lipinski definition) is 1. The van der Waals surface area contributed by atoms with Crippen LogP contribution < -0.4 is 5.32 Å². The Kier molecular flexibility index (Phi) is 4.24. The second-order valence-corrected chi connectivity index (χ2v) is 5.34. The molecule has 4 nitrogen and oxygen atoms in total. The van der Waals surface area contributed by atoms with E-state index in [0.29, 0.717) is 17.6 Å². The van der Waals surface area contributed by atoms with Crippen molar-refractivity contribution in [2.45, 2.75) is 32.1 Å². The first-order chi connectivity index (χ1) is 10.3. The van der Waals surface area contributed by atoms with E-state index in [1.165, 1.54) is 31.3 Å². The zero-order chi connectivity index (χ0) is 14.5. The molecule has 0 aliphatic heterocycles. The maximum Gasteiger partial charge on any atom is 0.253 e. The molecule has 0 saturated carbocycles. The molecule has 1 aromatic heterocycles. The average Bonchev–Trinajstić information content (AvgIpc) is 2.55. The first kappa shape index (κ1) is 13.7. The highest BCUT2D eigenvalue weighted by molar-refractivity contribution is 6.04. The Morgan fingerprint density at radius 2 is 2.10 bits per heavy atom. The number of rotatable bonds is 4. The summed E-state index contributed by atoms with van der Waals surface area (Å²) in [7, 11) is 0. The van der Waals surface area contributed by atoms with Crippen molar-refractivity contribution in [2.75, 3.05) is 6.54 Å². The average molecular weight is 281 g/mol. The van der Waals surface area contributed by atoms with Crippen LogP contribution in [0.4, 0.5) is 0 Å². The van der Waals surface area contributed by atoms with Crippen molar-refractivity contribution >= 4 is 16.9 Å². The summed E-state index contributed by atoms with van der Waals surface area (Å²) >= 11 is 0. The lowest BCUT2D eigenvalue weighted by molar-refractivity contribution is 0.0955. The zero-order valence-corrected chi connectivity index (χ0v) is 12.0. The van der Waals surface area contributed by atoms with Crippen molar-refractivity contribution in [1.82, 2.24) is 15.3 Å². The number of benzene rings is 1. The normalized spacial score (nSPS) is 14.8. The maximum atomic E-state index is 12.3. The van der Waals surface area contributed by atoms with Gasteiger partial charge < -0.3 is 5.32 Å². The summed E-state index contributed by atoms with van der Waals surface area (Å²) in [5.74, 6) is -0.0718. The fraction of sp³-hybridized carbons (Fsp3) is 0.353. The molecule has 0 saturated heterocycles. The lowest BCUT2D eigenvalue weighted by Gasteiger charge is -2.13. The van der Waals surface area contributed by atoms with Crippen LogP contribution in [-0.2, 0) is 0 Å². The van der Waals surface area contributed by atoms with Crippen LogP contribution in [0.5, 0.6) is 0 Å². The molecule has 3 rings (SSSR count). The number of allylic oxidation sites excluding steroid dienone is 1. The quantitative estimate of drug-likeness (QED) is 0.875. The number of nitrogens with one attached hydrogen (secondary N) is 1. The van der Waals surface area contributed by atoms with E-state index in [0.717, 1.165) is 11.9 Å². The van der Waals surface area contributed by atoms with Gasteiger partial charge in [-0.15, -0.1) is 0 Å². The van der Waals surface area contributed by atoms with E-state index in [1.54, 1.807) is 18.5 Å². The second-order valence-electron chi connectivity index (χ2n) is 5.34. The van der Waals surface area contributed by atoms with Gasteiger partial charge in [-0.05, 0) is 44.2 Å². The summed E-state index contributed by atoms with van der Waals surface area (Å²) in [6.07, 6.45) is 11.5. The third-order valence-electron chi connectivity index (χ3n) is 3.86. The van der Waals surface area contributed by atoms with E-state index in [4.69, 9.17) is 0 Å². The maximum absolute atomic E-state index is 12.3. The molecular formula is C17H19N3O. The van der Waals surface area contributed by atoms with Crippen LogP contribution >= 0.6 is 0 Å². The zero-order valence-electron chi connectivity index (χ0n) is 12.0. The molecule has 1 aliphatic carbocycles. The molecule has 0 atom stereocenters. The van der Waals surface area contributed by atoms with Gasteiger partial charge in [0.15, 0.2) is 0 Å². The van der Waals surface area contributed by atoms with Gasteiger partial charge in [0.05, 0.1) is 11.1 Å². The number of carbonyl (C=O) groups excluding carboxylic acids is 1. The molecule has 1 aliphatic rings. The molecule has 0 fully saturated rings. The van der Waals surface area contributed by atoms with Gasteiger partial charge in [0.1, 0.15) is 5.52 Å². The number of nitrogens with zero attached hydrogens (tertiary/aromatic N) is 2. The Bertz CT molecular complexity index is 673. The van der Waals surface area contributed by atoms with Crippen molar-refractivity contribution < 1.29 is 4.79 Å². The fourth-order valence-electron chi connectivity index (χ4n) is 2.74. The fourth-order valence-corrected chi connectivity index (χ4v) is 2.74. The van der Waals surface area contributed by atoms with E-state index >= 15 is 0 Å². The minimum absolute atomic E-state index is 0.0718. The number of carbonyl (C=O) groups is 1. The summed E-state index contributed by atoms with van der Waals surface area (Å²) in [6.45, 7) is 0.682. The Morgan fingerprint density at radius 3 is 2.95 bits per heavy atom. The van der Waals surface area contributed by atoms with Gasteiger partial charge in [-0.3, -0.25) is 14.8 Å². The van der Waals surface area contributed by atoms with Crippen molar-refractivity contribution in [3.05, 3.63) is 47.8 Å². The summed E-state index contributed by atoms with van der Waals surface area (Å²) in [6, 6.07) is 5.51. The summed E-state index contributed by atoms with van der Waals surface area (Å²) in [5.41, 5.74) is 3.48. The van der Waals surface area contributed by atoms with E-state index in [2.05, 4.69) is 21.4 Å². The monoisotopic (exact) mass is 281 g/mol. The Hall–Kier alpha value is -2.23. The summed E-state index contributed by atoms with van der Waals surface area (Å²) < 4.78 is 0. The molecular weight excluding hydrogens is 262 g/mol. The van der Waals surface area contributed by atoms with Crippen molar-refractivity contribution in [3.8, 4) is 0 Å². The lowest BCUT2D eigenvalue weighted by atomic mass is 9.97. The molecule has 1 aromatic carbocycles. The number of amides is 1. The molecule has 4 heteroatoms. The van der Waals surface area contributed by atoms with Crippen LogP contribution in [0, 0.1) is 0 Å². The standard InChI is InChI=1S/C17H19N3O/c21-17(20-10-9-13-5-2-1-3-6-13)14-7-4-8-15-16(14)19-12-11-18-15/h4-5,7-8,11-12H,1-3,6,9-10H2,(H,20,21). The molecule has 2 aromatic rings. The number of para-hydroxylation sites is 1. The first-order valence-corrected chi connectivity index (χ1v) is 7.50. The Balaban J connectivity index is 1.65. The van der Waals surface area contributed by atoms with Gasteiger partial charge in [-0.1, -0.05) is 17.7 Å². The van der Waals surface area contributed by atoms with Crippen LogP contribution in [0.1, 0.15) is 42.5 Å². The SMILES string of the molecule is O=C(NCCC1=CCCCC1)c1cccc2nccnc12. The third-order valence-corrected chi connectivity index (χ3v) is 3.86. The van der Waals surface area contributed by atoms with Crippen LogP contribution in [0.2, 0.25) is 0 Å². The van der Waals surface area contributed by atoms with Gasteiger partial charge in [-0.25, -0.2) is 0 Å². The molecule has 21 heavy (non-hydrogen) atoms. The molecule has 108 valence electrons. The van der Waals surface area contributed by atoms with Crippen molar-refractivity contribution in [3.63, 3.8) is 0 Å². The number of aromatic nitrogens is 2. The van der Waals surface area contributed by atoms with E-state index < -0.39 is 0 Å². The third kappa shape index (κ3) is 3.27. The van der Waals surface area contributed by atoms with E-state index in [1.807, 2.05) is 12.1 Å². The van der Waals surface area contributed by atoms with Crippen LogP contribution in [0.3, 0.4) is 0 Å². The lowest BCUT2D eigenvalue weighted by Crippen LogP contribution is -2.25. The highest BCUT2D eigenvalue weighted by Gasteiger charge is 2.11. The molecule has 0 unspecified atom stereocenters. The second kappa shape index (κ2) is 6.48. The molecule has 0 spiro atoms. The van der Waals surface area contributed by atoms with Crippen molar-refractivity contribution in [1.29, 1.82) is 0 Å². The molecule has 1 heterocycles. The molecule has 0 bridgehead atoms. The minimum Gasteiger partial charge on any atom is -0.352 e. The highest BCUT2D eigenvalue weighted by atomic mass is 16.1. The van der Waals surface area contributed by atoms with E-state index in [9.17, 15) is 4.79 Å². The summed E-state index contributed by atoms with van der Waals surface area (Å²) in [5, 5.41) is 2.99. The smallest absolute Gasteiger partial charge is 0.253 e. The number of hydrogen-bond acceptors (Lipinski definition) is 3. The largest absolute Gasteiger partial charge is 0.352 e. The van der Waals surface area contributed by atoms with Gasteiger partial charge in [0.2, 0.25) is 0 Å². The van der Waals surface area contributed by atoms with Crippen LogP contribution in [0.15, 0.2) is 42.2 Å². The van der Waals surface area contributed by atoms with Gasteiger partial charge >= 0.3 is 0 Å². The first-order valence-electron chi connectivity index (χ1n) is 7.50. The Morgan fingerprint density at radius 1 is 1.19 bits per heavy atom. The van der Waals surface area contributed by atoms with Gasteiger partial charge in [0, 0.05) is 18.9 Å². The van der Waals surface area contributed by atoms with Crippen molar-refractivity contribution in [2.24, 2.45) is 0 Å². The topological polar surface area (TPSA) is 54.9 Å². The minimum atomic E-state index is -0.0718. The number of fused-ring (bicyclic) bond motifs is 1. The molecule has 1 N–H and O–H groups in total. The molecule has 0 radical (unpaired) electrons. The Labute approximate surface area is 124 Å². The predicted octanol–water partition coefficient (Wildman–Crippen LogP) is 3.25. The van der Waals surface area contributed by atoms with E-state index in [-0.39, 0.29) is 5.91 Å². The van der Waals surface area contributed by atoms with Crippen LogP contribution in [0.25, 0.3) is 11.0 Å². The van der Waals surface area contributed by atoms with Gasteiger partial charge in [0.25, 0.3) is 5.91 Å². The summed E-state index contributed by atoms with van der Waals surface area (Å²) in [4.78, 5) is 20.8. The van der Waals surface area contributed by atoms with Gasteiger partial charge in [-0.2, -0.15) is 0 Å². The molecule has 1 amide bonds. The highest BCUT2D eigenvalue weighted by Crippen LogP contribution is 2.19.